The van der Waals surface area contributed by atoms with Gasteiger partial charge in [0.15, 0.2) is 6.07 Å². The van der Waals surface area contributed by atoms with Crippen molar-refractivity contribution < 1.29 is 14.3 Å². The Morgan fingerprint density at radius 1 is 1.29 bits per heavy atom. The largest absolute Gasteiger partial charge is 0.509 e. The number of rotatable bonds is 5. The zero-order valence-corrected chi connectivity index (χ0v) is 8.42. The molecule has 4 heteroatoms. The van der Waals surface area contributed by atoms with Crippen LogP contribution in [0.25, 0.3) is 0 Å². The van der Waals surface area contributed by atoms with Gasteiger partial charge in [-0.15, -0.1) is 24.7 Å². The van der Waals surface area contributed by atoms with Crippen molar-refractivity contribution >= 4 is 17.8 Å². The first-order valence-corrected chi connectivity index (χ1v) is 4.50. The van der Waals surface area contributed by atoms with Crippen molar-refractivity contribution in [2.75, 3.05) is 12.7 Å². The lowest BCUT2D eigenvalue weighted by Gasteiger charge is -2.10. The molecule has 0 spiro atoms. The molecule has 0 bridgehead atoms. The standard InChI is InChI=1S/C10H11ClO3/c1-3-5-9(6-4-2)7-13-10(12)14-8-11/h1-2,9H,5-8H2. The van der Waals surface area contributed by atoms with Crippen molar-refractivity contribution in [3.63, 3.8) is 0 Å². The van der Waals surface area contributed by atoms with Crippen LogP contribution in [0.3, 0.4) is 0 Å². The molecular formula is C10H11ClO3. The quantitative estimate of drug-likeness (QED) is 0.399. The molecule has 3 nitrogen and oxygen atoms in total. The van der Waals surface area contributed by atoms with Crippen LogP contribution in [0.5, 0.6) is 0 Å². The minimum absolute atomic E-state index is 0.0205. The summed E-state index contributed by atoms with van der Waals surface area (Å²) in [6, 6.07) is -0.228. The number of hydrogen-bond donors (Lipinski definition) is 0. The Bertz CT molecular complexity index is 233. The summed E-state index contributed by atoms with van der Waals surface area (Å²) in [5, 5.41) is 0. The zero-order chi connectivity index (χ0) is 10.8. The fraction of sp³-hybridized carbons (Fsp3) is 0.500. The van der Waals surface area contributed by atoms with Crippen molar-refractivity contribution in [1.82, 2.24) is 0 Å². The Balaban J connectivity index is 3.77. The molecule has 0 amide bonds. The Morgan fingerprint density at radius 3 is 2.29 bits per heavy atom. The third-order valence-corrected chi connectivity index (χ3v) is 1.53. The van der Waals surface area contributed by atoms with E-state index in [-0.39, 0.29) is 18.6 Å². The first kappa shape index (κ1) is 12.7. The van der Waals surface area contributed by atoms with Crippen LogP contribution in [-0.4, -0.2) is 18.8 Å². The summed E-state index contributed by atoms with van der Waals surface area (Å²) >= 11 is 5.15. The molecular weight excluding hydrogens is 204 g/mol. The van der Waals surface area contributed by atoms with E-state index in [1.54, 1.807) is 0 Å². The number of hydrogen-bond acceptors (Lipinski definition) is 3. The normalized spacial score (nSPS) is 8.86. The maximum Gasteiger partial charge on any atom is 0.509 e. The molecule has 0 aromatic heterocycles. The first-order valence-electron chi connectivity index (χ1n) is 3.97. The molecule has 0 aromatic rings. The molecule has 76 valence electrons. The van der Waals surface area contributed by atoms with Gasteiger partial charge in [-0.2, -0.15) is 0 Å². The van der Waals surface area contributed by atoms with Crippen LogP contribution in [0, 0.1) is 30.6 Å². The van der Waals surface area contributed by atoms with Crippen LogP contribution < -0.4 is 0 Å². The molecule has 0 aliphatic heterocycles. The van der Waals surface area contributed by atoms with Gasteiger partial charge in [-0.3, -0.25) is 0 Å². The van der Waals surface area contributed by atoms with E-state index in [2.05, 4.69) is 16.6 Å². The average Bonchev–Trinajstić information content (AvgIpc) is 2.15. The molecule has 0 fully saturated rings. The Kier molecular flexibility index (Phi) is 7.50. The lowest BCUT2D eigenvalue weighted by Crippen LogP contribution is -2.14. The third kappa shape index (κ3) is 6.22. The topological polar surface area (TPSA) is 35.5 Å². The smallest absolute Gasteiger partial charge is 0.434 e. The van der Waals surface area contributed by atoms with Crippen LogP contribution in [0.15, 0.2) is 0 Å². The van der Waals surface area contributed by atoms with E-state index in [1.165, 1.54) is 0 Å². The molecule has 0 aliphatic carbocycles. The monoisotopic (exact) mass is 214 g/mol. The highest BCUT2D eigenvalue weighted by molar-refractivity contribution is 6.17. The van der Waals surface area contributed by atoms with Crippen molar-refractivity contribution in [2.24, 2.45) is 5.92 Å². The number of ether oxygens (including phenoxy) is 2. The molecule has 0 N–H and O–H groups in total. The molecule has 0 aromatic carbocycles. The summed E-state index contributed by atoms with van der Waals surface area (Å²) in [7, 11) is 0. The van der Waals surface area contributed by atoms with Gasteiger partial charge < -0.3 is 9.47 Å². The predicted octanol–water partition coefficient (Wildman–Crippen LogP) is 2.00. The number of halogens is 1. The Labute approximate surface area is 88.7 Å². The van der Waals surface area contributed by atoms with Gasteiger partial charge in [-0.25, -0.2) is 4.79 Å². The second-order valence-corrected chi connectivity index (χ2v) is 2.72. The molecule has 0 unspecified atom stereocenters. The van der Waals surface area contributed by atoms with Gasteiger partial charge in [0.2, 0.25) is 0 Å². The fourth-order valence-electron chi connectivity index (χ4n) is 0.795. The lowest BCUT2D eigenvalue weighted by atomic mass is 10.0. The van der Waals surface area contributed by atoms with Crippen LogP contribution in [0.4, 0.5) is 4.79 Å². The van der Waals surface area contributed by atoms with Gasteiger partial charge in [0.25, 0.3) is 0 Å². The second-order valence-electron chi connectivity index (χ2n) is 2.50. The van der Waals surface area contributed by atoms with Crippen molar-refractivity contribution in [3.8, 4) is 24.7 Å². The van der Waals surface area contributed by atoms with E-state index in [9.17, 15) is 4.79 Å². The Hall–Kier alpha value is -1.32. The summed E-state index contributed by atoms with van der Waals surface area (Å²) < 4.78 is 9.06. The summed E-state index contributed by atoms with van der Waals surface area (Å²) in [5.74, 6) is 4.89. The van der Waals surface area contributed by atoms with Gasteiger partial charge in [0.05, 0.1) is 6.61 Å². The molecule has 0 radical (unpaired) electrons. The van der Waals surface area contributed by atoms with E-state index < -0.39 is 6.16 Å². The van der Waals surface area contributed by atoms with Crippen molar-refractivity contribution in [1.29, 1.82) is 0 Å². The number of alkyl halides is 1. The molecule has 0 heterocycles. The molecule has 0 rings (SSSR count). The van der Waals surface area contributed by atoms with Crippen LogP contribution in [0.2, 0.25) is 0 Å². The van der Waals surface area contributed by atoms with E-state index in [0.717, 1.165) is 0 Å². The van der Waals surface area contributed by atoms with E-state index in [4.69, 9.17) is 29.2 Å². The Morgan fingerprint density at radius 2 is 1.86 bits per heavy atom. The molecule has 0 atom stereocenters. The highest BCUT2D eigenvalue weighted by Gasteiger charge is 2.10. The van der Waals surface area contributed by atoms with Crippen molar-refractivity contribution in [2.45, 2.75) is 12.8 Å². The molecule has 14 heavy (non-hydrogen) atoms. The van der Waals surface area contributed by atoms with E-state index in [0.29, 0.717) is 12.8 Å². The maximum absolute atomic E-state index is 10.7. The molecule has 0 aliphatic rings. The summed E-state index contributed by atoms with van der Waals surface area (Å²) in [6.07, 6.45) is 10.4. The highest BCUT2D eigenvalue weighted by Crippen LogP contribution is 2.08. The summed E-state index contributed by atoms with van der Waals surface area (Å²) in [4.78, 5) is 10.7. The van der Waals surface area contributed by atoms with Crippen molar-refractivity contribution in [3.05, 3.63) is 0 Å². The SMILES string of the molecule is C#CCC(CC#C)COC(=O)OCCl. The minimum atomic E-state index is -0.806. The molecule has 0 saturated carbocycles. The second kappa shape index (κ2) is 8.29. The van der Waals surface area contributed by atoms with Crippen LogP contribution in [0.1, 0.15) is 12.8 Å². The van der Waals surface area contributed by atoms with E-state index >= 15 is 0 Å². The van der Waals surface area contributed by atoms with Crippen LogP contribution >= 0.6 is 11.6 Å². The number of terminal acetylenes is 2. The minimum Gasteiger partial charge on any atom is -0.434 e. The third-order valence-electron chi connectivity index (χ3n) is 1.42. The summed E-state index contributed by atoms with van der Waals surface area (Å²) in [5.41, 5.74) is 0. The van der Waals surface area contributed by atoms with Gasteiger partial charge in [-0.05, 0) is 0 Å². The number of carbonyl (C=O) groups is 1. The van der Waals surface area contributed by atoms with Gasteiger partial charge in [-0.1, -0.05) is 11.6 Å². The predicted molar refractivity (Wildman–Crippen MR) is 53.5 cm³/mol. The lowest BCUT2D eigenvalue weighted by molar-refractivity contribution is 0.0564. The number of carbonyl (C=O) groups excluding carboxylic acids is 1. The van der Waals surface area contributed by atoms with Gasteiger partial charge in [0.1, 0.15) is 0 Å². The molecule has 0 saturated heterocycles. The average molecular weight is 215 g/mol. The fourth-order valence-corrected chi connectivity index (χ4v) is 0.885. The van der Waals surface area contributed by atoms with Crippen LogP contribution in [-0.2, 0) is 9.47 Å². The zero-order valence-electron chi connectivity index (χ0n) is 7.66. The highest BCUT2D eigenvalue weighted by atomic mass is 35.5. The van der Waals surface area contributed by atoms with E-state index in [1.807, 2.05) is 0 Å². The first-order chi connectivity index (χ1) is 6.74. The summed E-state index contributed by atoms with van der Waals surface area (Å²) in [6.45, 7) is 0.157. The van der Waals surface area contributed by atoms with Gasteiger partial charge >= 0.3 is 6.16 Å². The maximum atomic E-state index is 10.7. The van der Waals surface area contributed by atoms with Gasteiger partial charge in [0, 0.05) is 18.8 Å².